The van der Waals surface area contributed by atoms with Crippen LogP contribution in [0.2, 0.25) is 0 Å². The van der Waals surface area contributed by atoms with E-state index in [1.165, 1.54) is 0 Å². The summed E-state index contributed by atoms with van der Waals surface area (Å²) in [6, 6.07) is 5.43. The SMILES string of the molecule is NC(=S)NNC(=O)c1ccc2c(c1)COC2. The molecule has 84 valence electrons. The molecule has 0 saturated heterocycles. The number of amides is 1. The van der Waals surface area contributed by atoms with Gasteiger partial charge in [-0.1, -0.05) is 6.07 Å². The van der Waals surface area contributed by atoms with Crippen molar-refractivity contribution in [2.45, 2.75) is 13.2 Å². The van der Waals surface area contributed by atoms with Crippen LogP contribution in [0, 0.1) is 0 Å². The average molecular weight is 237 g/mol. The molecule has 0 radical (unpaired) electrons. The Morgan fingerprint density at radius 1 is 1.31 bits per heavy atom. The van der Waals surface area contributed by atoms with Gasteiger partial charge in [0.25, 0.3) is 5.91 Å². The molecule has 0 spiro atoms. The number of carbonyl (C=O) groups is 1. The Morgan fingerprint density at radius 3 is 2.81 bits per heavy atom. The third-order valence-corrected chi connectivity index (χ3v) is 2.38. The lowest BCUT2D eigenvalue weighted by Gasteiger charge is -2.07. The van der Waals surface area contributed by atoms with Gasteiger partial charge in [-0.05, 0) is 35.5 Å². The molecule has 2 rings (SSSR count). The number of fused-ring (bicyclic) bond motifs is 1. The predicted octanol–water partition coefficient (Wildman–Crippen LogP) is 0.195. The van der Waals surface area contributed by atoms with E-state index >= 15 is 0 Å². The normalized spacial score (nSPS) is 13.0. The lowest BCUT2D eigenvalue weighted by atomic mass is 10.1. The van der Waals surface area contributed by atoms with Gasteiger partial charge in [0.2, 0.25) is 0 Å². The number of hydrazine groups is 1. The molecule has 1 heterocycles. The van der Waals surface area contributed by atoms with Crippen molar-refractivity contribution in [3.8, 4) is 0 Å². The van der Waals surface area contributed by atoms with Crippen molar-refractivity contribution in [1.82, 2.24) is 10.9 Å². The minimum absolute atomic E-state index is 0.0258. The van der Waals surface area contributed by atoms with Crippen molar-refractivity contribution in [1.29, 1.82) is 0 Å². The highest BCUT2D eigenvalue weighted by molar-refractivity contribution is 7.80. The summed E-state index contributed by atoms with van der Waals surface area (Å²) in [5, 5.41) is 0.0258. The summed E-state index contributed by atoms with van der Waals surface area (Å²) in [6.45, 7) is 1.17. The number of ether oxygens (including phenoxy) is 1. The fraction of sp³-hybridized carbons (Fsp3) is 0.200. The van der Waals surface area contributed by atoms with Crippen LogP contribution in [0.4, 0.5) is 0 Å². The first-order valence-electron chi connectivity index (χ1n) is 4.72. The van der Waals surface area contributed by atoms with Crippen LogP contribution < -0.4 is 16.6 Å². The molecule has 16 heavy (non-hydrogen) atoms. The van der Waals surface area contributed by atoms with Crippen LogP contribution in [0.25, 0.3) is 0 Å². The van der Waals surface area contributed by atoms with Crippen LogP contribution in [0.3, 0.4) is 0 Å². The zero-order valence-corrected chi connectivity index (χ0v) is 9.26. The second-order valence-corrected chi connectivity index (χ2v) is 3.86. The lowest BCUT2D eigenvalue weighted by Crippen LogP contribution is -2.44. The van der Waals surface area contributed by atoms with E-state index in [0.717, 1.165) is 11.1 Å². The van der Waals surface area contributed by atoms with E-state index < -0.39 is 0 Å². The molecule has 1 aromatic rings. The van der Waals surface area contributed by atoms with Gasteiger partial charge in [0, 0.05) is 5.56 Å². The highest BCUT2D eigenvalue weighted by atomic mass is 32.1. The van der Waals surface area contributed by atoms with Gasteiger partial charge < -0.3 is 10.5 Å². The maximum absolute atomic E-state index is 11.6. The number of hydrogen-bond acceptors (Lipinski definition) is 3. The molecule has 0 saturated carbocycles. The summed E-state index contributed by atoms with van der Waals surface area (Å²) in [4.78, 5) is 11.6. The number of carbonyl (C=O) groups excluding carboxylic acids is 1. The Balaban J connectivity index is 2.09. The van der Waals surface area contributed by atoms with Crippen LogP contribution in [-0.4, -0.2) is 11.0 Å². The Bertz CT molecular complexity index is 448. The van der Waals surface area contributed by atoms with Crippen LogP contribution in [-0.2, 0) is 18.0 Å². The summed E-state index contributed by atoms with van der Waals surface area (Å²) >= 11 is 4.58. The van der Waals surface area contributed by atoms with E-state index in [2.05, 4.69) is 23.1 Å². The molecule has 0 atom stereocenters. The van der Waals surface area contributed by atoms with E-state index in [-0.39, 0.29) is 11.0 Å². The van der Waals surface area contributed by atoms with Gasteiger partial charge in [-0.15, -0.1) is 0 Å². The highest BCUT2D eigenvalue weighted by Gasteiger charge is 2.13. The largest absolute Gasteiger partial charge is 0.375 e. The monoisotopic (exact) mass is 237 g/mol. The molecule has 1 amide bonds. The van der Waals surface area contributed by atoms with E-state index in [4.69, 9.17) is 10.5 Å². The van der Waals surface area contributed by atoms with Gasteiger partial charge in [0.1, 0.15) is 0 Å². The molecule has 0 unspecified atom stereocenters. The fourth-order valence-corrected chi connectivity index (χ4v) is 1.55. The van der Waals surface area contributed by atoms with E-state index in [9.17, 15) is 4.79 Å². The number of thiocarbonyl (C=S) groups is 1. The van der Waals surface area contributed by atoms with Crippen LogP contribution in [0.15, 0.2) is 18.2 Å². The van der Waals surface area contributed by atoms with Gasteiger partial charge in [0.05, 0.1) is 13.2 Å². The third-order valence-electron chi connectivity index (χ3n) is 2.28. The summed E-state index contributed by atoms with van der Waals surface area (Å²) in [5.41, 5.74) is 12.7. The van der Waals surface area contributed by atoms with Crippen molar-refractivity contribution in [2.75, 3.05) is 0 Å². The van der Waals surface area contributed by atoms with E-state index in [1.54, 1.807) is 12.1 Å². The van der Waals surface area contributed by atoms with Crippen molar-refractivity contribution >= 4 is 23.2 Å². The van der Waals surface area contributed by atoms with Crippen molar-refractivity contribution in [3.05, 3.63) is 34.9 Å². The topological polar surface area (TPSA) is 76.4 Å². The van der Waals surface area contributed by atoms with Gasteiger partial charge in [-0.25, -0.2) is 0 Å². The predicted molar refractivity (Wildman–Crippen MR) is 62.3 cm³/mol. The van der Waals surface area contributed by atoms with E-state index in [0.29, 0.717) is 18.8 Å². The molecule has 1 aliphatic heterocycles. The van der Waals surface area contributed by atoms with Gasteiger partial charge >= 0.3 is 0 Å². The van der Waals surface area contributed by atoms with Crippen LogP contribution in [0.5, 0.6) is 0 Å². The Hall–Kier alpha value is -1.66. The number of nitrogens with two attached hydrogens (primary N) is 1. The Kier molecular flexibility index (Phi) is 3.02. The zero-order chi connectivity index (χ0) is 11.5. The molecule has 0 aromatic heterocycles. The molecule has 5 nitrogen and oxygen atoms in total. The molecule has 4 N–H and O–H groups in total. The summed E-state index contributed by atoms with van der Waals surface area (Å²) in [6.07, 6.45) is 0. The Labute approximate surface area is 97.9 Å². The standard InChI is InChI=1S/C10H11N3O2S/c11-10(16)13-12-9(14)6-1-2-7-4-15-5-8(7)3-6/h1-3H,4-5H2,(H,12,14)(H3,11,13,16). The van der Waals surface area contributed by atoms with Crippen molar-refractivity contribution in [3.63, 3.8) is 0 Å². The number of hydrogen-bond donors (Lipinski definition) is 3. The minimum atomic E-state index is -0.275. The van der Waals surface area contributed by atoms with Gasteiger partial charge in [-0.3, -0.25) is 15.6 Å². The van der Waals surface area contributed by atoms with Crippen molar-refractivity contribution in [2.24, 2.45) is 5.73 Å². The molecule has 0 fully saturated rings. The fourth-order valence-electron chi connectivity index (χ4n) is 1.50. The summed E-state index contributed by atoms with van der Waals surface area (Å²) in [7, 11) is 0. The van der Waals surface area contributed by atoms with Gasteiger partial charge in [0.15, 0.2) is 5.11 Å². The summed E-state index contributed by atoms with van der Waals surface area (Å²) in [5.74, 6) is -0.275. The van der Waals surface area contributed by atoms with Crippen LogP contribution in [0.1, 0.15) is 21.5 Å². The van der Waals surface area contributed by atoms with Crippen molar-refractivity contribution < 1.29 is 9.53 Å². The zero-order valence-electron chi connectivity index (χ0n) is 8.45. The maximum atomic E-state index is 11.6. The quantitative estimate of drug-likeness (QED) is 0.480. The molecule has 0 bridgehead atoms. The molecular weight excluding hydrogens is 226 g/mol. The van der Waals surface area contributed by atoms with E-state index in [1.807, 2.05) is 6.07 Å². The van der Waals surface area contributed by atoms with Gasteiger partial charge in [-0.2, -0.15) is 0 Å². The summed E-state index contributed by atoms with van der Waals surface area (Å²) < 4.78 is 5.26. The first-order chi connectivity index (χ1) is 7.66. The molecule has 1 aliphatic rings. The van der Waals surface area contributed by atoms with Crippen LogP contribution >= 0.6 is 12.2 Å². The third kappa shape index (κ3) is 2.29. The molecular formula is C10H11N3O2S. The number of nitrogens with one attached hydrogen (secondary N) is 2. The smallest absolute Gasteiger partial charge is 0.269 e. The number of rotatable bonds is 1. The number of benzene rings is 1. The second kappa shape index (κ2) is 4.46. The maximum Gasteiger partial charge on any atom is 0.269 e. The molecule has 0 aliphatic carbocycles. The second-order valence-electron chi connectivity index (χ2n) is 3.42. The average Bonchev–Trinajstić information content (AvgIpc) is 2.72. The minimum Gasteiger partial charge on any atom is -0.375 e. The lowest BCUT2D eigenvalue weighted by molar-refractivity contribution is 0.0944. The molecule has 6 heteroatoms. The highest BCUT2D eigenvalue weighted by Crippen LogP contribution is 2.20. The first-order valence-corrected chi connectivity index (χ1v) is 5.13. The first kappa shape index (κ1) is 10.8. The Morgan fingerprint density at radius 2 is 2.06 bits per heavy atom. The molecule has 1 aromatic carbocycles.